The number of nitrogens with zero attached hydrogens (tertiary/aromatic N) is 6. The summed E-state index contributed by atoms with van der Waals surface area (Å²) in [5.41, 5.74) is 5.11. The normalized spacial score (nSPS) is 11.1. The van der Waals surface area contributed by atoms with Crippen LogP contribution in [0.4, 0.5) is 4.39 Å². The van der Waals surface area contributed by atoms with Gasteiger partial charge in [-0.3, -0.25) is 4.79 Å². The van der Waals surface area contributed by atoms with E-state index in [1.165, 1.54) is 16.7 Å². The lowest BCUT2D eigenvalue weighted by Gasteiger charge is -2.15. The highest BCUT2D eigenvalue weighted by molar-refractivity contribution is 5.80. The zero-order chi connectivity index (χ0) is 25.8. The average Bonchev–Trinajstić information content (AvgIpc) is 3.46. The Balaban J connectivity index is 1.51. The number of benzene rings is 2. The second kappa shape index (κ2) is 10.6. The second-order valence-corrected chi connectivity index (χ2v) is 8.82. The molecular weight excluding hydrogens is 469 g/mol. The fourth-order valence-corrected chi connectivity index (χ4v) is 4.43. The SMILES string of the molecule is CCCCc1nc(C)n(-c2ccc(F)cn2)c(=O)c1Cc1ccc(-c2ccccc2-c2nn[nH]n2)cc1. The predicted octanol–water partition coefficient (Wildman–Crippen LogP) is 4.86. The third kappa shape index (κ3) is 5.06. The van der Waals surface area contributed by atoms with Crippen LogP contribution >= 0.6 is 0 Å². The maximum atomic E-state index is 13.7. The summed E-state index contributed by atoms with van der Waals surface area (Å²) in [5, 5.41) is 14.4. The Morgan fingerprint density at radius 2 is 1.78 bits per heavy atom. The minimum atomic E-state index is -0.455. The van der Waals surface area contributed by atoms with Gasteiger partial charge in [0.05, 0.1) is 11.9 Å². The van der Waals surface area contributed by atoms with Crippen molar-refractivity contribution >= 4 is 0 Å². The largest absolute Gasteiger partial charge is 0.268 e. The highest BCUT2D eigenvalue weighted by atomic mass is 19.1. The lowest BCUT2D eigenvalue weighted by Crippen LogP contribution is -2.29. The van der Waals surface area contributed by atoms with Crippen LogP contribution in [0.2, 0.25) is 0 Å². The fourth-order valence-electron chi connectivity index (χ4n) is 4.43. The van der Waals surface area contributed by atoms with Gasteiger partial charge in [-0.2, -0.15) is 5.21 Å². The molecule has 3 aromatic heterocycles. The van der Waals surface area contributed by atoms with E-state index >= 15 is 0 Å². The highest BCUT2D eigenvalue weighted by Gasteiger charge is 2.17. The number of unbranched alkanes of at least 4 members (excludes halogenated alkanes) is 1. The van der Waals surface area contributed by atoms with E-state index in [9.17, 15) is 9.18 Å². The molecule has 0 saturated heterocycles. The van der Waals surface area contributed by atoms with Gasteiger partial charge in [0.1, 0.15) is 17.5 Å². The van der Waals surface area contributed by atoms with Crippen LogP contribution in [-0.2, 0) is 12.8 Å². The van der Waals surface area contributed by atoms with E-state index < -0.39 is 5.82 Å². The molecular formula is C28H26FN7O. The number of hydrogen-bond donors (Lipinski definition) is 1. The molecule has 186 valence electrons. The Bertz CT molecular complexity index is 1560. The predicted molar refractivity (Wildman–Crippen MR) is 139 cm³/mol. The summed E-state index contributed by atoms with van der Waals surface area (Å²) in [6, 6.07) is 18.8. The first-order valence-corrected chi connectivity index (χ1v) is 12.2. The summed E-state index contributed by atoms with van der Waals surface area (Å²) in [5.74, 6) is 0.963. The molecule has 0 unspecified atom stereocenters. The molecule has 0 radical (unpaired) electrons. The molecule has 0 atom stereocenters. The van der Waals surface area contributed by atoms with Gasteiger partial charge in [-0.1, -0.05) is 61.9 Å². The first kappa shape index (κ1) is 24.2. The zero-order valence-electron chi connectivity index (χ0n) is 20.6. The summed E-state index contributed by atoms with van der Waals surface area (Å²) in [7, 11) is 0. The number of aromatic nitrogens is 7. The van der Waals surface area contributed by atoms with Crippen molar-refractivity contribution in [3.8, 4) is 28.3 Å². The molecule has 0 saturated carbocycles. The number of halogens is 1. The van der Waals surface area contributed by atoms with Crippen LogP contribution in [0, 0.1) is 12.7 Å². The molecule has 0 aliphatic rings. The molecule has 8 nitrogen and oxygen atoms in total. The minimum Gasteiger partial charge on any atom is -0.268 e. The number of aromatic amines is 1. The van der Waals surface area contributed by atoms with E-state index in [1.807, 2.05) is 48.5 Å². The van der Waals surface area contributed by atoms with Gasteiger partial charge in [0, 0.05) is 17.5 Å². The number of nitrogens with one attached hydrogen (secondary N) is 1. The number of pyridine rings is 1. The molecule has 9 heteroatoms. The molecule has 0 aliphatic heterocycles. The molecule has 0 aliphatic carbocycles. The van der Waals surface area contributed by atoms with E-state index in [0.717, 1.165) is 53.4 Å². The summed E-state index contributed by atoms with van der Waals surface area (Å²) >= 11 is 0. The van der Waals surface area contributed by atoms with Gasteiger partial charge >= 0.3 is 0 Å². The molecule has 1 N–H and O–H groups in total. The number of tetrazole rings is 1. The first-order valence-electron chi connectivity index (χ1n) is 12.2. The van der Waals surface area contributed by atoms with Gasteiger partial charge in [0.2, 0.25) is 5.82 Å². The maximum absolute atomic E-state index is 13.7. The van der Waals surface area contributed by atoms with E-state index in [1.54, 1.807) is 6.92 Å². The quantitative estimate of drug-likeness (QED) is 0.330. The first-order chi connectivity index (χ1) is 18.0. The average molecular weight is 496 g/mol. The van der Waals surface area contributed by atoms with E-state index in [0.29, 0.717) is 29.5 Å². The van der Waals surface area contributed by atoms with E-state index in [2.05, 4.69) is 32.5 Å². The molecule has 2 aromatic carbocycles. The molecule has 0 fully saturated rings. The van der Waals surface area contributed by atoms with Gasteiger partial charge in [-0.25, -0.2) is 18.9 Å². The molecule has 0 amide bonds. The summed E-state index contributed by atoms with van der Waals surface area (Å²) in [4.78, 5) is 22.6. The molecule has 0 spiro atoms. The van der Waals surface area contributed by atoms with Crippen molar-refractivity contribution in [2.24, 2.45) is 0 Å². The van der Waals surface area contributed by atoms with Gasteiger partial charge in [0.25, 0.3) is 5.56 Å². The van der Waals surface area contributed by atoms with E-state index in [4.69, 9.17) is 4.98 Å². The molecule has 3 heterocycles. The smallest absolute Gasteiger partial charge is 0.263 e. The van der Waals surface area contributed by atoms with Crippen LogP contribution in [0.25, 0.3) is 28.3 Å². The van der Waals surface area contributed by atoms with Crippen molar-refractivity contribution in [1.82, 2.24) is 35.2 Å². The van der Waals surface area contributed by atoms with Crippen LogP contribution in [-0.4, -0.2) is 35.2 Å². The fraction of sp³-hybridized carbons (Fsp3) is 0.214. The Kier molecular flexibility index (Phi) is 6.93. The van der Waals surface area contributed by atoms with Crippen molar-refractivity contribution in [1.29, 1.82) is 0 Å². The molecule has 5 rings (SSSR count). The van der Waals surface area contributed by atoms with Crippen molar-refractivity contribution in [3.05, 3.63) is 106 Å². The standard InChI is InChI=1S/C28H26FN7O/c1-3-4-9-25-24(28(37)36(18(2)31-25)26-15-14-21(29)17-30-26)16-19-10-12-20(13-11-19)22-7-5-6-8-23(22)27-32-34-35-33-27/h5-8,10-15,17H,3-4,9,16H2,1-2H3,(H,32,33,34,35). The van der Waals surface area contributed by atoms with Crippen molar-refractivity contribution in [2.75, 3.05) is 0 Å². The van der Waals surface area contributed by atoms with Gasteiger partial charge in [-0.05, 0) is 53.8 Å². The topological polar surface area (TPSA) is 102 Å². The number of H-pyrrole nitrogens is 1. The van der Waals surface area contributed by atoms with Crippen molar-refractivity contribution in [3.63, 3.8) is 0 Å². The highest BCUT2D eigenvalue weighted by Crippen LogP contribution is 2.30. The van der Waals surface area contributed by atoms with Gasteiger partial charge < -0.3 is 0 Å². The van der Waals surface area contributed by atoms with Gasteiger partial charge in [-0.15, -0.1) is 10.2 Å². The third-order valence-electron chi connectivity index (χ3n) is 6.30. The monoisotopic (exact) mass is 495 g/mol. The minimum absolute atomic E-state index is 0.177. The van der Waals surface area contributed by atoms with Crippen molar-refractivity contribution in [2.45, 2.75) is 39.5 Å². The van der Waals surface area contributed by atoms with Crippen LogP contribution in [0.1, 0.15) is 42.4 Å². The van der Waals surface area contributed by atoms with Crippen LogP contribution in [0.5, 0.6) is 0 Å². The lowest BCUT2D eigenvalue weighted by molar-refractivity contribution is 0.619. The van der Waals surface area contributed by atoms with Crippen LogP contribution < -0.4 is 5.56 Å². The summed E-state index contributed by atoms with van der Waals surface area (Å²) in [6.07, 6.45) is 4.19. The number of aryl methyl sites for hydroxylation is 2. The third-order valence-corrected chi connectivity index (χ3v) is 6.30. The van der Waals surface area contributed by atoms with E-state index in [-0.39, 0.29) is 5.56 Å². The van der Waals surface area contributed by atoms with Gasteiger partial charge in [0.15, 0.2) is 0 Å². The molecule has 5 aromatic rings. The molecule has 37 heavy (non-hydrogen) atoms. The maximum Gasteiger partial charge on any atom is 0.263 e. The number of rotatable bonds is 8. The Labute approximate surface area is 213 Å². The van der Waals surface area contributed by atoms with Crippen LogP contribution in [0.15, 0.2) is 71.7 Å². The zero-order valence-corrected chi connectivity index (χ0v) is 20.6. The Morgan fingerprint density at radius 3 is 2.46 bits per heavy atom. The Hall–Kier alpha value is -4.53. The Morgan fingerprint density at radius 1 is 1.00 bits per heavy atom. The summed E-state index contributed by atoms with van der Waals surface area (Å²) < 4.78 is 14.9. The molecule has 0 bridgehead atoms. The second-order valence-electron chi connectivity index (χ2n) is 8.82. The van der Waals surface area contributed by atoms with Crippen molar-refractivity contribution < 1.29 is 4.39 Å². The van der Waals surface area contributed by atoms with Crippen LogP contribution in [0.3, 0.4) is 0 Å². The number of hydrogen-bond acceptors (Lipinski definition) is 6. The lowest BCUT2D eigenvalue weighted by atomic mass is 9.96. The summed E-state index contributed by atoms with van der Waals surface area (Å²) in [6.45, 7) is 3.89.